The first-order valence-corrected chi connectivity index (χ1v) is 7.23. The number of halogens is 1. The molecule has 2 N–H and O–H groups in total. The van der Waals surface area contributed by atoms with Gasteiger partial charge in [0.05, 0.1) is 0 Å². The molecule has 0 saturated heterocycles. The Bertz CT molecular complexity index is 474. The zero-order valence-electron chi connectivity index (χ0n) is 9.55. The Hall–Kier alpha value is -1.21. The normalized spacial score (nSPS) is 13.7. The second-order valence-electron chi connectivity index (χ2n) is 3.56. The highest BCUT2D eigenvalue weighted by Crippen LogP contribution is 2.14. The molecule has 18 heavy (non-hydrogen) atoms. The fourth-order valence-corrected chi connectivity index (χ4v) is 2.17. The number of benzene rings is 1. The summed E-state index contributed by atoms with van der Waals surface area (Å²) < 4.78 is 12.4. The number of hydrogen-bond donors (Lipinski definition) is 2. The van der Waals surface area contributed by atoms with E-state index in [0.717, 1.165) is 4.47 Å². The Morgan fingerprint density at radius 3 is 2.44 bits per heavy atom. The van der Waals surface area contributed by atoms with Crippen molar-refractivity contribution < 1.29 is 18.9 Å². The van der Waals surface area contributed by atoms with E-state index in [1.807, 2.05) is 0 Å². The molecule has 98 valence electrons. The number of carboxylic acid groups (broad SMARTS) is 1. The molecule has 2 unspecified atom stereocenters. The van der Waals surface area contributed by atoms with Crippen molar-refractivity contribution in [2.24, 2.45) is 0 Å². The first-order chi connectivity index (χ1) is 8.40. The van der Waals surface area contributed by atoms with Crippen molar-refractivity contribution in [3.63, 3.8) is 0 Å². The van der Waals surface area contributed by atoms with E-state index < -0.39 is 27.9 Å². The van der Waals surface area contributed by atoms with E-state index in [0.29, 0.717) is 5.69 Å². The summed E-state index contributed by atoms with van der Waals surface area (Å²) in [6, 6.07) is 6.88. The van der Waals surface area contributed by atoms with Crippen LogP contribution in [0.25, 0.3) is 0 Å². The average molecular weight is 334 g/mol. The van der Waals surface area contributed by atoms with Crippen molar-refractivity contribution in [1.29, 1.82) is 0 Å². The summed E-state index contributed by atoms with van der Waals surface area (Å²) in [4.78, 5) is 22.1. The van der Waals surface area contributed by atoms with Crippen LogP contribution in [0.1, 0.15) is 6.92 Å². The zero-order chi connectivity index (χ0) is 13.7. The van der Waals surface area contributed by atoms with Gasteiger partial charge in [0.25, 0.3) is 0 Å². The molecule has 5 nitrogen and oxygen atoms in total. The summed E-state index contributed by atoms with van der Waals surface area (Å²) in [6.45, 7) is 1.31. The lowest BCUT2D eigenvalue weighted by Gasteiger charge is -2.07. The van der Waals surface area contributed by atoms with Crippen LogP contribution in [0.5, 0.6) is 0 Å². The van der Waals surface area contributed by atoms with Crippen molar-refractivity contribution in [3.8, 4) is 0 Å². The maximum atomic E-state index is 11.5. The molecule has 0 aliphatic rings. The molecular weight excluding hydrogens is 322 g/mol. The second-order valence-corrected chi connectivity index (χ2v) is 6.23. The summed E-state index contributed by atoms with van der Waals surface area (Å²) in [5.41, 5.74) is 0.572. The molecule has 1 aromatic carbocycles. The number of carbonyl (C=O) groups is 2. The Morgan fingerprint density at radius 1 is 1.39 bits per heavy atom. The van der Waals surface area contributed by atoms with Crippen molar-refractivity contribution in [1.82, 2.24) is 0 Å². The number of nitrogens with one attached hydrogen (secondary N) is 1. The van der Waals surface area contributed by atoms with Gasteiger partial charge < -0.3 is 10.4 Å². The Labute approximate surface area is 115 Å². The lowest BCUT2D eigenvalue weighted by molar-refractivity contribution is -0.136. The van der Waals surface area contributed by atoms with Gasteiger partial charge in [-0.25, -0.2) is 0 Å². The fourth-order valence-electron chi connectivity index (χ4n) is 1.10. The van der Waals surface area contributed by atoms with Crippen LogP contribution in [0.4, 0.5) is 5.69 Å². The predicted molar refractivity (Wildman–Crippen MR) is 72.9 cm³/mol. The SMILES string of the molecule is CC(C(=O)O)S(=O)CC(=O)Nc1ccc(Br)cc1. The third-order valence-electron chi connectivity index (χ3n) is 2.14. The minimum Gasteiger partial charge on any atom is -0.480 e. The van der Waals surface area contributed by atoms with E-state index in [1.54, 1.807) is 24.3 Å². The smallest absolute Gasteiger partial charge is 0.318 e. The van der Waals surface area contributed by atoms with Crippen LogP contribution >= 0.6 is 15.9 Å². The van der Waals surface area contributed by atoms with Gasteiger partial charge in [0.15, 0.2) is 0 Å². The standard InChI is InChI=1S/C11H12BrNO4S/c1-7(11(15)16)18(17)6-10(14)13-9-4-2-8(12)3-5-9/h2-5,7H,6H2,1H3,(H,13,14)(H,15,16). The number of aliphatic carboxylic acids is 1. The summed E-state index contributed by atoms with van der Waals surface area (Å²) in [5, 5.41) is 10.1. The maximum Gasteiger partial charge on any atom is 0.318 e. The highest BCUT2D eigenvalue weighted by Gasteiger charge is 2.21. The van der Waals surface area contributed by atoms with Crippen molar-refractivity contribution in [3.05, 3.63) is 28.7 Å². The van der Waals surface area contributed by atoms with E-state index >= 15 is 0 Å². The quantitative estimate of drug-likeness (QED) is 0.857. The first-order valence-electron chi connectivity index (χ1n) is 5.05. The predicted octanol–water partition coefficient (Wildman–Crippen LogP) is 1.61. The molecule has 2 atom stereocenters. The van der Waals surface area contributed by atoms with Gasteiger partial charge in [-0.2, -0.15) is 0 Å². The van der Waals surface area contributed by atoms with Gasteiger partial charge in [0.1, 0.15) is 11.0 Å². The molecule has 0 radical (unpaired) electrons. The van der Waals surface area contributed by atoms with Gasteiger partial charge in [-0.15, -0.1) is 0 Å². The van der Waals surface area contributed by atoms with Crippen LogP contribution in [-0.4, -0.2) is 32.2 Å². The van der Waals surface area contributed by atoms with Crippen LogP contribution in [-0.2, 0) is 20.4 Å². The molecule has 0 bridgehead atoms. The van der Waals surface area contributed by atoms with E-state index in [-0.39, 0.29) is 5.75 Å². The third-order valence-corrected chi connectivity index (χ3v) is 4.21. The number of rotatable bonds is 5. The van der Waals surface area contributed by atoms with E-state index in [2.05, 4.69) is 21.2 Å². The lowest BCUT2D eigenvalue weighted by atomic mass is 10.3. The van der Waals surface area contributed by atoms with Gasteiger partial charge >= 0.3 is 5.97 Å². The van der Waals surface area contributed by atoms with Crippen LogP contribution in [0.2, 0.25) is 0 Å². The van der Waals surface area contributed by atoms with Gasteiger partial charge in [-0.1, -0.05) is 15.9 Å². The third kappa shape index (κ3) is 4.58. The molecule has 1 amide bonds. The van der Waals surface area contributed by atoms with Gasteiger partial charge in [-0.3, -0.25) is 13.8 Å². The van der Waals surface area contributed by atoms with Crippen LogP contribution in [0, 0.1) is 0 Å². The summed E-state index contributed by atoms with van der Waals surface area (Å²) >= 11 is 3.26. The molecule has 0 spiro atoms. The summed E-state index contributed by atoms with van der Waals surface area (Å²) in [5.74, 6) is -1.97. The highest BCUT2D eigenvalue weighted by atomic mass is 79.9. The second kappa shape index (κ2) is 6.65. The Balaban J connectivity index is 2.54. The van der Waals surface area contributed by atoms with Crippen molar-refractivity contribution >= 4 is 44.3 Å². The molecule has 0 fully saturated rings. The average Bonchev–Trinajstić information content (AvgIpc) is 2.30. The topological polar surface area (TPSA) is 83.5 Å². The van der Waals surface area contributed by atoms with Crippen LogP contribution in [0.15, 0.2) is 28.7 Å². The number of anilines is 1. The molecule has 0 aliphatic heterocycles. The molecular formula is C11H12BrNO4S. The van der Waals surface area contributed by atoms with Crippen molar-refractivity contribution in [2.75, 3.05) is 11.1 Å². The molecule has 1 aromatic rings. The molecule has 7 heteroatoms. The minimum atomic E-state index is -1.72. The van der Waals surface area contributed by atoms with E-state index in [9.17, 15) is 13.8 Å². The number of carboxylic acids is 1. The highest BCUT2D eigenvalue weighted by molar-refractivity contribution is 9.10. The molecule has 1 rings (SSSR count). The monoisotopic (exact) mass is 333 g/mol. The lowest BCUT2D eigenvalue weighted by Crippen LogP contribution is -2.29. The van der Waals surface area contributed by atoms with Crippen LogP contribution < -0.4 is 5.32 Å². The number of amides is 1. The Kier molecular flexibility index (Phi) is 5.49. The zero-order valence-corrected chi connectivity index (χ0v) is 12.0. The fraction of sp³-hybridized carbons (Fsp3) is 0.273. The number of hydrogen-bond acceptors (Lipinski definition) is 3. The van der Waals surface area contributed by atoms with Gasteiger partial charge in [-0.05, 0) is 31.2 Å². The van der Waals surface area contributed by atoms with E-state index in [1.165, 1.54) is 6.92 Å². The summed E-state index contributed by atoms with van der Waals surface area (Å²) in [6.07, 6.45) is 0. The van der Waals surface area contributed by atoms with Gasteiger partial charge in [0, 0.05) is 21.0 Å². The largest absolute Gasteiger partial charge is 0.480 e. The summed E-state index contributed by atoms with van der Waals surface area (Å²) in [7, 11) is -1.72. The van der Waals surface area contributed by atoms with Gasteiger partial charge in [0.2, 0.25) is 5.91 Å². The number of carbonyl (C=O) groups excluding carboxylic acids is 1. The van der Waals surface area contributed by atoms with Crippen LogP contribution in [0.3, 0.4) is 0 Å². The molecule has 0 heterocycles. The van der Waals surface area contributed by atoms with Crippen molar-refractivity contribution in [2.45, 2.75) is 12.2 Å². The first kappa shape index (κ1) is 14.8. The van der Waals surface area contributed by atoms with E-state index in [4.69, 9.17) is 5.11 Å². The Morgan fingerprint density at radius 2 is 1.94 bits per heavy atom. The maximum absolute atomic E-state index is 11.5. The molecule has 0 aromatic heterocycles. The minimum absolute atomic E-state index is 0.330. The molecule has 0 saturated carbocycles. The molecule has 0 aliphatic carbocycles.